The molecule has 2 aliphatic heterocycles. The molecule has 1 unspecified atom stereocenters. The summed E-state index contributed by atoms with van der Waals surface area (Å²) >= 11 is 0. The highest BCUT2D eigenvalue weighted by molar-refractivity contribution is 5.09. The molecule has 1 fully saturated rings. The fourth-order valence-corrected chi connectivity index (χ4v) is 2.54. The summed E-state index contributed by atoms with van der Waals surface area (Å²) in [6, 6.07) is 0.838. The van der Waals surface area contributed by atoms with Crippen molar-refractivity contribution in [1.82, 2.24) is 9.80 Å². The second-order valence-corrected chi connectivity index (χ2v) is 4.86. The Morgan fingerprint density at radius 2 is 2.21 bits per heavy atom. The third-order valence-corrected chi connectivity index (χ3v) is 3.68. The van der Waals surface area contributed by atoms with Crippen LogP contribution >= 0.6 is 0 Å². The molecule has 0 radical (unpaired) electrons. The average Bonchev–Trinajstić information content (AvgIpc) is 2.56. The van der Waals surface area contributed by atoms with E-state index in [4.69, 9.17) is 0 Å². The summed E-state index contributed by atoms with van der Waals surface area (Å²) in [6.07, 6.45) is 7.86. The zero-order valence-corrected chi connectivity index (χ0v) is 9.50. The Morgan fingerprint density at radius 1 is 1.36 bits per heavy atom. The quantitative estimate of drug-likeness (QED) is 0.618. The minimum absolute atomic E-state index is 0.838. The Bertz CT molecular complexity index is 222. The summed E-state index contributed by atoms with van der Waals surface area (Å²) in [5.41, 5.74) is 1.70. The first kappa shape index (κ1) is 10.2. The van der Waals surface area contributed by atoms with E-state index in [1.165, 1.54) is 38.8 Å². The van der Waals surface area contributed by atoms with E-state index in [-0.39, 0.29) is 0 Å². The molecule has 2 rings (SSSR count). The van der Waals surface area contributed by atoms with Crippen LogP contribution in [0.3, 0.4) is 0 Å². The van der Waals surface area contributed by atoms with Crippen molar-refractivity contribution in [1.29, 1.82) is 0 Å². The normalized spacial score (nSPS) is 30.7. The molecule has 0 spiro atoms. The molecule has 0 bridgehead atoms. The molecule has 2 nitrogen and oxygen atoms in total. The third kappa shape index (κ3) is 2.37. The molecule has 2 heterocycles. The zero-order chi connectivity index (χ0) is 9.97. The summed E-state index contributed by atoms with van der Waals surface area (Å²) in [5, 5.41) is 0. The largest absolute Gasteiger partial charge is 0.303 e. The predicted molar refractivity (Wildman–Crippen MR) is 60.5 cm³/mol. The minimum atomic E-state index is 0.838. The summed E-state index contributed by atoms with van der Waals surface area (Å²) in [6.45, 7) is 3.71. The van der Waals surface area contributed by atoms with Crippen LogP contribution in [0.2, 0.25) is 0 Å². The van der Waals surface area contributed by atoms with Crippen LogP contribution < -0.4 is 0 Å². The lowest BCUT2D eigenvalue weighted by atomic mass is 9.99. The van der Waals surface area contributed by atoms with Gasteiger partial charge in [0.2, 0.25) is 0 Å². The van der Waals surface area contributed by atoms with E-state index in [1.807, 2.05) is 0 Å². The summed E-state index contributed by atoms with van der Waals surface area (Å²) in [7, 11) is 4.47. The van der Waals surface area contributed by atoms with Crippen molar-refractivity contribution in [2.45, 2.75) is 31.7 Å². The summed E-state index contributed by atoms with van der Waals surface area (Å²) < 4.78 is 0. The maximum absolute atomic E-state index is 2.53. The van der Waals surface area contributed by atoms with Gasteiger partial charge in [0.15, 0.2) is 0 Å². The highest BCUT2D eigenvalue weighted by atomic mass is 15.1. The van der Waals surface area contributed by atoms with Gasteiger partial charge in [0.25, 0.3) is 0 Å². The van der Waals surface area contributed by atoms with E-state index in [1.54, 1.807) is 5.57 Å². The third-order valence-electron chi connectivity index (χ3n) is 3.68. The molecule has 0 amide bonds. The molecule has 2 heteroatoms. The van der Waals surface area contributed by atoms with E-state index in [2.05, 4.69) is 30.0 Å². The van der Waals surface area contributed by atoms with E-state index >= 15 is 0 Å². The molecule has 1 atom stereocenters. The van der Waals surface area contributed by atoms with Crippen LogP contribution in [0.15, 0.2) is 11.6 Å². The van der Waals surface area contributed by atoms with E-state index < -0.39 is 0 Å². The van der Waals surface area contributed by atoms with Gasteiger partial charge in [-0.25, -0.2) is 0 Å². The zero-order valence-electron chi connectivity index (χ0n) is 9.50. The van der Waals surface area contributed by atoms with Crippen molar-refractivity contribution in [3.63, 3.8) is 0 Å². The van der Waals surface area contributed by atoms with Crippen molar-refractivity contribution in [3.8, 4) is 0 Å². The molecule has 1 saturated heterocycles. The van der Waals surface area contributed by atoms with Crippen LogP contribution in [0.4, 0.5) is 0 Å². The molecule has 0 aromatic rings. The second kappa shape index (κ2) is 4.45. The van der Waals surface area contributed by atoms with E-state index in [0.717, 1.165) is 12.6 Å². The highest BCUT2D eigenvalue weighted by Crippen LogP contribution is 2.24. The Balaban J connectivity index is 1.85. The van der Waals surface area contributed by atoms with Gasteiger partial charge in [-0.15, -0.1) is 0 Å². The van der Waals surface area contributed by atoms with Gasteiger partial charge < -0.3 is 9.80 Å². The Morgan fingerprint density at radius 3 is 2.79 bits per heavy atom. The molecule has 0 aromatic carbocycles. The number of likely N-dealkylation sites (tertiary alicyclic amines) is 1. The van der Waals surface area contributed by atoms with Crippen LogP contribution in [0, 0.1) is 0 Å². The fourth-order valence-electron chi connectivity index (χ4n) is 2.54. The van der Waals surface area contributed by atoms with Gasteiger partial charge in [0, 0.05) is 19.1 Å². The predicted octanol–water partition coefficient (Wildman–Crippen LogP) is 1.73. The van der Waals surface area contributed by atoms with Crippen LogP contribution in [0.5, 0.6) is 0 Å². The van der Waals surface area contributed by atoms with Gasteiger partial charge >= 0.3 is 0 Å². The number of nitrogens with zero attached hydrogens (tertiary/aromatic N) is 2. The highest BCUT2D eigenvalue weighted by Gasteiger charge is 2.22. The molecule has 0 N–H and O–H groups in total. The Labute approximate surface area is 87.6 Å². The van der Waals surface area contributed by atoms with Gasteiger partial charge in [-0.2, -0.15) is 0 Å². The van der Waals surface area contributed by atoms with Gasteiger partial charge in [0.05, 0.1) is 0 Å². The first-order chi connectivity index (χ1) is 6.75. The van der Waals surface area contributed by atoms with Gasteiger partial charge in [-0.1, -0.05) is 11.6 Å². The van der Waals surface area contributed by atoms with Crippen molar-refractivity contribution < 1.29 is 0 Å². The molecule has 80 valence electrons. The van der Waals surface area contributed by atoms with Gasteiger partial charge in [-0.05, 0) is 46.3 Å². The lowest BCUT2D eigenvalue weighted by Gasteiger charge is -2.26. The molecular formula is C12H22N2. The van der Waals surface area contributed by atoms with Gasteiger partial charge in [0.1, 0.15) is 0 Å². The molecule has 2 aliphatic rings. The standard InChI is InChI=1S/C12H22N2/c1-13-8-5-11(6-9-13)10-12-4-3-7-14(12)2/h5,12H,3-4,6-10H2,1-2H3. The number of hydrogen-bond donors (Lipinski definition) is 0. The molecule has 0 aliphatic carbocycles. The van der Waals surface area contributed by atoms with Crippen LogP contribution in [0.25, 0.3) is 0 Å². The fraction of sp³-hybridized carbons (Fsp3) is 0.833. The van der Waals surface area contributed by atoms with Gasteiger partial charge in [-0.3, -0.25) is 0 Å². The number of rotatable bonds is 2. The monoisotopic (exact) mass is 194 g/mol. The number of hydrogen-bond acceptors (Lipinski definition) is 2. The second-order valence-electron chi connectivity index (χ2n) is 4.86. The van der Waals surface area contributed by atoms with E-state index in [0.29, 0.717) is 0 Å². The minimum Gasteiger partial charge on any atom is -0.303 e. The molecular weight excluding hydrogens is 172 g/mol. The molecule has 14 heavy (non-hydrogen) atoms. The van der Waals surface area contributed by atoms with Crippen LogP contribution in [-0.2, 0) is 0 Å². The maximum atomic E-state index is 2.53. The van der Waals surface area contributed by atoms with Crippen molar-refractivity contribution >= 4 is 0 Å². The van der Waals surface area contributed by atoms with Crippen LogP contribution in [0.1, 0.15) is 25.7 Å². The maximum Gasteiger partial charge on any atom is 0.0162 e. The first-order valence-electron chi connectivity index (χ1n) is 5.82. The Kier molecular flexibility index (Phi) is 3.24. The lowest BCUT2D eigenvalue weighted by Crippen LogP contribution is -2.28. The summed E-state index contributed by atoms with van der Waals surface area (Å²) in [4.78, 5) is 4.92. The Hall–Kier alpha value is -0.340. The molecule has 0 saturated carbocycles. The number of likely N-dealkylation sites (N-methyl/N-ethyl adjacent to an activating group) is 1. The first-order valence-corrected chi connectivity index (χ1v) is 5.82. The van der Waals surface area contributed by atoms with Crippen molar-refractivity contribution in [3.05, 3.63) is 11.6 Å². The smallest absolute Gasteiger partial charge is 0.0162 e. The average molecular weight is 194 g/mol. The summed E-state index contributed by atoms with van der Waals surface area (Å²) in [5.74, 6) is 0. The van der Waals surface area contributed by atoms with E-state index in [9.17, 15) is 0 Å². The topological polar surface area (TPSA) is 6.48 Å². The molecule has 0 aromatic heterocycles. The van der Waals surface area contributed by atoms with Crippen molar-refractivity contribution in [2.75, 3.05) is 33.7 Å². The van der Waals surface area contributed by atoms with Crippen molar-refractivity contribution in [2.24, 2.45) is 0 Å². The lowest BCUT2D eigenvalue weighted by molar-refractivity contribution is 0.297. The van der Waals surface area contributed by atoms with Crippen LogP contribution in [-0.4, -0.2) is 49.6 Å². The SMILES string of the molecule is CN1CC=C(CC2CCCN2C)CC1.